The Balaban J connectivity index is 1.41. The van der Waals surface area contributed by atoms with Gasteiger partial charge in [0.1, 0.15) is 11.9 Å². The Morgan fingerprint density at radius 1 is 1.16 bits per heavy atom. The van der Waals surface area contributed by atoms with Gasteiger partial charge in [0, 0.05) is 5.56 Å². The van der Waals surface area contributed by atoms with Gasteiger partial charge in [0.2, 0.25) is 5.91 Å². The van der Waals surface area contributed by atoms with Crippen molar-refractivity contribution in [1.82, 2.24) is 10.8 Å². The van der Waals surface area contributed by atoms with Crippen molar-refractivity contribution in [3.8, 4) is 0 Å². The fourth-order valence-corrected chi connectivity index (χ4v) is 3.80. The number of amidine groups is 1. The van der Waals surface area contributed by atoms with Crippen LogP contribution in [0.15, 0.2) is 54.6 Å². The Labute approximate surface area is 187 Å². The molecule has 1 amide bonds. The molecule has 6 N–H and O–H groups in total. The zero-order valence-electron chi connectivity index (χ0n) is 17.9. The second-order valence-corrected chi connectivity index (χ2v) is 8.08. The first-order valence-corrected chi connectivity index (χ1v) is 10.8. The highest BCUT2D eigenvalue weighted by Crippen LogP contribution is 2.27. The summed E-state index contributed by atoms with van der Waals surface area (Å²) in [5, 5.41) is 19.6. The summed E-state index contributed by atoms with van der Waals surface area (Å²) < 4.78 is 0. The van der Waals surface area contributed by atoms with E-state index in [1.54, 1.807) is 12.1 Å². The predicted octanol–water partition coefficient (Wildman–Crippen LogP) is 2.68. The number of carboxylic acids is 1. The number of nitrogen functional groups attached to an aromatic ring is 1. The molecule has 1 heterocycles. The molecule has 1 unspecified atom stereocenters. The van der Waals surface area contributed by atoms with E-state index >= 15 is 0 Å². The van der Waals surface area contributed by atoms with Crippen molar-refractivity contribution >= 4 is 17.7 Å². The van der Waals surface area contributed by atoms with Crippen LogP contribution in [0, 0.1) is 5.41 Å². The minimum atomic E-state index is -1.02. The largest absolute Gasteiger partial charge is 0.480 e. The number of aliphatic carboxylic acids is 1. The number of carbonyl (C=O) groups excluding carboxylic acids is 1. The Bertz CT molecular complexity index is 917. The van der Waals surface area contributed by atoms with E-state index < -0.39 is 12.0 Å². The van der Waals surface area contributed by atoms with Crippen molar-refractivity contribution in [3.63, 3.8) is 0 Å². The zero-order chi connectivity index (χ0) is 22.9. The molecule has 2 aromatic carbocycles. The first-order valence-electron chi connectivity index (χ1n) is 10.8. The molecule has 170 valence electrons. The fourth-order valence-electron chi connectivity index (χ4n) is 3.80. The van der Waals surface area contributed by atoms with Crippen LogP contribution >= 0.6 is 0 Å². The number of nitrogens with two attached hydrogens (primary N) is 1. The van der Waals surface area contributed by atoms with Gasteiger partial charge >= 0.3 is 5.97 Å². The maximum atomic E-state index is 12.4. The predicted molar refractivity (Wildman–Crippen MR) is 121 cm³/mol. The van der Waals surface area contributed by atoms with E-state index in [1.165, 1.54) is 5.56 Å². The van der Waals surface area contributed by atoms with E-state index in [4.69, 9.17) is 16.0 Å². The molecule has 1 aliphatic rings. The van der Waals surface area contributed by atoms with E-state index in [9.17, 15) is 14.7 Å². The minimum absolute atomic E-state index is 0.00905. The lowest BCUT2D eigenvalue weighted by Gasteiger charge is -2.16. The topological polar surface area (TPSA) is 138 Å². The van der Waals surface area contributed by atoms with Crippen molar-refractivity contribution in [3.05, 3.63) is 71.3 Å². The molecule has 2 aromatic rings. The highest BCUT2D eigenvalue weighted by atomic mass is 16.7. The summed E-state index contributed by atoms with van der Waals surface area (Å²) >= 11 is 0. The maximum Gasteiger partial charge on any atom is 0.326 e. The van der Waals surface area contributed by atoms with Crippen LogP contribution in [0.3, 0.4) is 0 Å². The van der Waals surface area contributed by atoms with Gasteiger partial charge < -0.3 is 16.2 Å². The average Bonchev–Trinajstić information content (AvgIpc) is 3.24. The standard InChI is InChI=1S/C24H30N4O4/c25-23(26)18-12-10-17(11-13-18)21-14-19(32-28-21)15-22(29)27-20(24(30)31)9-5-4-8-16-6-2-1-3-7-16/h1-3,6-7,10-13,19-21,28H,4-5,8-9,14-15H2,(H3,25,26)(H,27,29)(H,30,31)/t19-,20?,21+/m1/s1. The van der Waals surface area contributed by atoms with Crippen LogP contribution in [0.4, 0.5) is 0 Å². The molecule has 8 heteroatoms. The molecule has 0 bridgehead atoms. The molecule has 8 nitrogen and oxygen atoms in total. The number of amides is 1. The molecular formula is C24H30N4O4. The number of benzene rings is 2. The second-order valence-electron chi connectivity index (χ2n) is 8.08. The molecule has 32 heavy (non-hydrogen) atoms. The van der Waals surface area contributed by atoms with Gasteiger partial charge in [-0.15, -0.1) is 0 Å². The van der Waals surface area contributed by atoms with Gasteiger partial charge in [0.25, 0.3) is 0 Å². The number of carboxylic acid groups (broad SMARTS) is 1. The number of hydroxylamine groups is 1. The lowest BCUT2D eigenvalue weighted by molar-refractivity contribution is -0.142. The van der Waals surface area contributed by atoms with E-state index in [0.29, 0.717) is 24.8 Å². The summed E-state index contributed by atoms with van der Waals surface area (Å²) in [7, 11) is 0. The average molecular weight is 439 g/mol. The molecule has 0 saturated carbocycles. The van der Waals surface area contributed by atoms with Gasteiger partial charge in [0.15, 0.2) is 0 Å². The van der Waals surface area contributed by atoms with Crippen LogP contribution in [0.2, 0.25) is 0 Å². The van der Waals surface area contributed by atoms with Gasteiger partial charge in [-0.25, -0.2) is 4.79 Å². The lowest BCUT2D eigenvalue weighted by atomic mass is 9.99. The first-order chi connectivity index (χ1) is 15.4. The number of rotatable bonds is 11. The van der Waals surface area contributed by atoms with E-state index in [2.05, 4.69) is 22.9 Å². The highest BCUT2D eigenvalue weighted by molar-refractivity contribution is 5.94. The molecule has 1 saturated heterocycles. The maximum absolute atomic E-state index is 12.4. The Morgan fingerprint density at radius 2 is 1.88 bits per heavy atom. The van der Waals surface area contributed by atoms with E-state index in [-0.39, 0.29) is 30.3 Å². The summed E-state index contributed by atoms with van der Waals surface area (Å²) in [5.74, 6) is -1.35. The van der Waals surface area contributed by atoms with Crippen molar-refractivity contribution < 1.29 is 19.5 Å². The summed E-state index contributed by atoms with van der Waals surface area (Å²) in [4.78, 5) is 29.5. The van der Waals surface area contributed by atoms with Crippen LogP contribution in [0.25, 0.3) is 0 Å². The van der Waals surface area contributed by atoms with Crippen LogP contribution < -0.4 is 16.5 Å². The number of nitrogens with one attached hydrogen (secondary N) is 3. The van der Waals surface area contributed by atoms with Crippen LogP contribution in [-0.4, -0.2) is 35.0 Å². The van der Waals surface area contributed by atoms with Crippen molar-refractivity contribution in [2.24, 2.45) is 5.73 Å². The number of carbonyl (C=O) groups is 2. The zero-order valence-corrected chi connectivity index (χ0v) is 17.9. The van der Waals surface area contributed by atoms with Crippen molar-refractivity contribution in [2.45, 2.75) is 56.7 Å². The molecule has 3 rings (SSSR count). The van der Waals surface area contributed by atoms with Crippen LogP contribution in [0.5, 0.6) is 0 Å². The van der Waals surface area contributed by atoms with Gasteiger partial charge in [-0.2, -0.15) is 5.48 Å². The summed E-state index contributed by atoms with van der Waals surface area (Å²) in [6.07, 6.45) is 3.18. The SMILES string of the molecule is N=C(N)c1ccc([C@@H]2C[C@H](CC(=O)NC(CCCCc3ccccc3)C(=O)O)ON2)cc1. The summed E-state index contributed by atoms with van der Waals surface area (Å²) in [6.45, 7) is 0. The van der Waals surface area contributed by atoms with Crippen LogP contribution in [0.1, 0.15) is 54.8 Å². The van der Waals surface area contributed by atoms with Crippen molar-refractivity contribution in [2.75, 3.05) is 0 Å². The first kappa shape index (κ1) is 23.4. The van der Waals surface area contributed by atoms with E-state index in [1.807, 2.05) is 30.3 Å². The molecule has 0 aromatic heterocycles. The molecule has 1 fully saturated rings. The molecule has 0 aliphatic carbocycles. The van der Waals surface area contributed by atoms with Gasteiger partial charge in [-0.3, -0.25) is 15.0 Å². The Morgan fingerprint density at radius 3 is 2.53 bits per heavy atom. The fraction of sp³-hybridized carbons (Fsp3) is 0.375. The lowest BCUT2D eigenvalue weighted by Crippen LogP contribution is -2.41. The van der Waals surface area contributed by atoms with Gasteiger partial charge in [-0.1, -0.05) is 61.0 Å². The molecule has 3 atom stereocenters. The summed E-state index contributed by atoms with van der Waals surface area (Å²) in [5.41, 5.74) is 11.2. The highest BCUT2D eigenvalue weighted by Gasteiger charge is 2.29. The van der Waals surface area contributed by atoms with Crippen molar-refractivity contribution in [1.29, 1.82) is 5.41 Å². The molecule has 0 spiro atoms. The number of unbranched alkanes of at least 4 members (excludes halogenated alkanes) is 1. The third-order valence-electron chi connectivity index (χ3n) is 5.60. The van der Waals surface area contributed by atoms with Crippen LogP contribution in [-0.2, 0) is 20.8 Å². The normalized spacial score (nSPS) is 18.8. The number of aryl methyl sites for hydroxylation is 1. The minimum Gasteiger partial charge on any atom is -0.480 e. The summed E-state index contributed by atoms with van der Waals surface area (Å²) in [6, 6.07) is 16.4. The quantitative estimate of drug-likeness (QED) is 0.208. The van der Waals surface area contributed by atoms with Gasteiger partial charge in [-0.05, 0) is 36.8 Å². The second kappa shape index (κ2) is 11.4. The molecular weight excluding hydrogens is 408 g/mol. The number of hydrogen-bond donors (Lipinski definition) is 5. The van der Waals surface area contributed by atoms with E-state index in [0.717, 1.165) is 18.4 Å². The van der Waals surface area contributed by atoms with Gasteiger partial charge in [0.05, 0.1) is 18.6 Å². The Hall–Kier alpha value is -3.23. The smallest absolute Gasteiger partial charge is 0.326 e. The monoisotopic (exact) mass is 438 g/mol. The molecule has 1 aliphatic heterocycles. The molecule has 0 radical (unpaired) electrons. The third-order valence-corrected chi connectivity index (χ3v) is 5.60. The third kappa shape index (κ3) is 6.90. The number of hydrogen-bond acceptors (Lipinski definition) is 5. The Kier molecular flexibility index (Phi) is 8.35.